The first-order valence-corrected chi connectivity index (χ1v) is 9.61. The molecule has 1 aliphatic rings. The minimum absolute atomic E-state index is 0.0680. The molecule has 0 aliphatic carbocycles. The van der Waals surface area contributed by atoms with Crippen LogP contribution in [0.5, 0.6) is 0 Å². The van der Waals surface area contributed by atoms with E-state index in [9.17, 15) is 4.57 Å². The number of hydrogen-bond acceptors (Lipinski definition) is 3. The van der Waals surface area contributed by atoms with Crippen LogP contribution in [0, 0.1) is 0 Å². The summed E-state index contributed by atoms with van der Waals surface area (Å²) in [5.41, 5.74) is 3.13. The summed E-state index contributed by atoms with van der Waals surface area (Å²) >= 11 is 0. The molecule has 0 bridgehead atoms. The van der Waals surface area contributed by atoms with Crippen LogP contribution in [0.4, 0.5) is 0 Å². The number of benzene rings is 3. The van der Waals surface area contributed by atoms with Crippen molar-refractivity contribution >= 4 is 8.03 Å². The van der Waals surface area contributed by atoms with Crippen LogP contribution < -0.4 is 5.32 Å². The Morgan fingerprint density at radius 2 is 1.16 bits per heavy atom. The van der Waals surface area contributed by atoms with Gasteiger partial charge in [0.05, 0.1) is 6.04 Å². The van der Waals surface area contributed by atoms with E-state index in [1.165, 1.54) is 0 Å². The van der Waals surface area contributed by atoms with E-state index in [0.717, 1.165) is 16.7 Å². The fourth-order valence-electron chi connectivity index (χ4n) is 3.23. The highest BCUT2D eigenvalue weighted by atomic mass is 31.1. The fraction of sp³-hybridized carbons (Fsp3) is 0.143. The minimum atomic E-state index is -1.87. The molecule has 0 radical (unpaired) electrons. The standard InChI is InChI=1S/C21H19NO2P/c23-25-21(18-14-8-3-9-15-18)22-19(16-10-4-1-5-11-16)20(24-25)17-12-6-2-7-13-17/h1-15,19-22H/q+1/t19-,20+,21-/m1/s1. The number of nitrogens with one attached hydrogen (secondary N) is 1. The van der Waals surface area contributed by atoms with E-state index in [1.807, 2.05) is 78.9 Å². The second-order valence-electron chi connectivity index (χ2n) is 6.09. The lowest BCUT2D eigenvalue weighted by atomic mass is 9.95. The predicted octanol–water partition coefficient (Wildman–Crippen LogP) is 5.53. The summed E-state index contributed by atoms with van der Waals surface area (Å²) in [5, 5.41) is 3.58. The molecule has 3 nitrogen and oxygen atoms in total. The van der Waals surface area contributed by atoms with Crippen LogP contribution >= 0.6 is 8.03 Å². The fourth-order valence-corrected chi connectivity index (χ4v) is 4.52. The Bertz CT molecular complexity index is 840. The first-order valence-electron chi connectivity index (χ1n) is 8.37. The van der Waals surface area contributed by atoms with Gasteiger partial charge < -0.3 is 0 Å². The molecule has 1 aliphatic heterocycles. The lowest BCUT2D eigenvalue weighted by Crippen LogP contribution is -2.34. The SMILES string of the molecule is O=[P+]1O[C@@H](c2ccccc2)[C@@H](c2ccccc2)N[C@H]1c1ccccc1. The molecule has 3 aromatic carbocycles. The zero-order chi connectivity index (χ0) is 17.1. The molecule has 124 valence electrons. The molecule has 0 amide bonds. The molecule has 4 rings (SSSR count). The molecule has 1 unspecified atom stereocenters. The topological polar surface area (TPSA) is 38.3 Å². The van der Waals surface area contributed by atoms with Gasteiger partial charge in [0, 0.05) is 5.56 Å². The number of rotatable bonds is 3. The summed E-state index contributed by atoms with van der Waals surface area (Å²) in [7, 11) is -1.87. The van der Waals surface area contributed by atoms with Crippen LogP contribution in [0.1, 0.15) is 34.6 Å². The van der Waals surface area contributed by atoms with Crippen LogP contribution in [0.15, 0.2) is 91.0 Å². The summed E-state index contributed by atoms with van der Waals surface area (Å²) in [5.74, 6) is -0.318. The van der Waals surface area contributed by atoms with Gasteiger partial charge in [-0.15, -0.1) is 4.52 Å². The lowest BCUT2D eigenvalue weighted by molar-refractivity contribution is 0.133. The normalized spacial score (nSPS) is 24.8. The summed E-state index contributed by atoms with van der Waals surface area (Å²) in [4.78, 5) is 0. The van der Waals surface area contributed by atoms with Crippen molar-refractivity contribution in [1.82, 2.24) is 5.32 Å². The molecule has 4 heteroatoms. The van der Waals surface area contributed by atoms with Crippen LogP contribution in [0.3, 0.4) is 0 Å². The van der Waals surface area contributed by atoms with Gasteiger partial charge in [-0.2, -0.15) is 0 Å². The molecular weight excluding hydrogens is 329 g/mol. The Morgan fingerprint density at radius 3 is 1.72 bits per heavy atom. The van der Waals surface area contributed by atoms with E-state index >= 15 is 0 Å². The third-order valence-electron chi connectivity index (χ3n) is 4.47. The molecule has 0 spiro atoms. The maximum absolute atomic E-state index is 12.8. The van der Waals surface area contributed by atoms with Gasteiger partial charge in [0.1, 0.15) is 0 Å². The molecule has 25 heavy (non-hydrogen) atoms. The molecule has 0 saturated carbocycles. The Kier molecular flexibility index (Phi) is 4.71. The van der Waals surface area contributed by atoms with Crippen LogP contribution in [0.2, 0.25) is 0 Å². The molecular formula is C21H19NO2P+. The highest BCUT2D eigenvalue weighted by Crippen LogP contribution is 2.53. The quantitative estimate of drug-likeness (QED) is 0.633. The maximum atomic E-state index is 12.8. The second kappa shape index (κ2) is 7.28. The average Bonchev–Trinajstić information content (AvgIpc) is 2.70. The molecule has 1 fully saturated rings. The van der Waals surface area contributed by atoms with E-state index < -0.39 is 8.03 Å². The van der Waals surface area contributed by atoms with Gasteiger partial charge in [-0.05, 0) is 15.7 Å². The Balaban J connectivity index is 1.72. The van der Waals surface area contributed by atoms with Crippen molar-refractivity contribution in [2.75, 3.05) is 0 Å². The molecule has 1 N–H and O–H groups in total. The summed E-state index contributed by atoms with van der Waals surface area (Å²) < 4.78 is 18.9. The van der Waals surface area contributed by atoms with E-state index in [-0.39, 0.29) is 17.9 Å². The van der Waals surface area contributed by atoms with E-state index in [0.29, 0.717) is 0 Å². The predicted molar refractivity (Wildman–Crippen MR) is 99.4 cm³/mol. The molecule has 4 atom stereocenters. The van der Waals surface area contributed by atoms with Crippen molar-refractivity contribution in [2.45, 2.75) is 17.9 Å². The maximum Gasteiger partial charge on any atom is 0.533 e. The molecule has 0 aromatic heterocycles. The first-order chi connectivity index (χ1) is 12.3. The highest BCUT2D eigenvalue weighted by Gasteiger charge is 2.48. The zero-order valence-electron chi connectivity index (χ0n) is 13.7. The average molecular weight is 348 g/mol. The summed E-state index contributed by atoms with van der Waals surface area (Å²) in [6.07, 6.45) is -0.285. The lowest BCUT2D eigenvalue weighted by Gasteiger charge is -2.30. The summed E-state index contributed by atoms with van der Waals surface area (Å²) in [6.45, 7) is 0. The molecule has 3 aromatic rings. The van der Waals surface area contributed by atoms with Crippen LogP contribution in [0.25, 0.3) is 0 Å². The zero-order valence-corrected chi connectivity index (χ0v) is 14.6. The Labute approximate surface area is 148 Å². The van der Waals surface area contributed by atoms with Crippen molar-refractivity contribution in [2.24, 2.45) is 0 Å². The largest absolute Gasteiger partial charge is 0.533 e. The van der Waals surface area contributed by atoms with Gasteiger partial charge in [-0.25, -0.2) is 0 Å². The van der Waals surface area contributed by atoms with Crippen molar-refractivity contribution < 1.29 is 9.09 Å². The first kappa shape index (κ1) is 16.2. The van der Waals surface area contributed by atoms with Crippen LogP contribution in [-0.2, 0) is 9.09 Å². The van der Waals surface area contributed by atoms with Gasteiger partial charge in [-0.3, -0.25) is 5.32 Å². The molecule has 1 saturated heterocycles. The molecule has 1 heterocycles. The van der Waals surface area contributed by atoms with Gasteiger partial charge in [0.15, 0.2) is 6.10 Å². The van der Waals surface area contributed by atoms with Crippen molar-refractivity contribution in [3.05, 3.63) is 108 Å². The third kappa shape index (κ3) is 3.40. The number of hydrogen-bond donors (Lipinski definition) is 1. The highest BCUT2D eigenvalue weighted by molar-refractivity contribution is 7.39. The van der Waals surface area contributed by atoms with Gasteiger partial charge in [0.25, 0.3) is 5.78 Å². The smallest absolute Gasteiger partial charge is 0.257 e. The van der Waals surface area contributed by atoms with Crippen LogP contribution in [-0.4, -0.2) is 0 Å². The van der Waals surface area contributed by atoms with E-state index in [1.54, 1.807) is 0 Å². The summed E-state index contributed by atoms with van der Waals surface area (Å²) in [6, 6.07) is 30.0. The van der Waals surface area contributed by atoms with Gasteiger partial charge in [0.2, 0.25) is 0 Å². The Morgan fingerprint density at radius 1 is 0.680 bits per heavy atom. The second-order valence-corrected chi connectivity index (χ2v) is 7.39. The third-order valence-corrected chi connectivity index (χ3v) is 5.77. The van der Waals surface area contributed by atoms with Gasteiger partial charge in [-0.1, -0.05) is 91.0 Å². The van der Waals surface area contributed by atoms with Crippen molar-refractivity contribution in [1.29, 1.82) is 0 Å². The van der Waals surface area contributed by atoms with Crippen molar-refractivity contribution in [3.8, 4) is 0 Å². The minimum Gasteiger partial charge on any atom is -0.257 e. The van der Waals surface area contributed by atoms with Crippen molar-refractivity contribution in [3.63, 3.8) is 0 Å². The van der Waals surface area contributed by atoms with Gasteiger partial charge >= 0.3 is 8.03 Å². The Hall–Kier alpha value is -2.32. The van der Waals surface area contributed by atoms with E-state index in [2.05, 4.69) is 17.4 Å². The van der Waals surface area contributed by atoms with E-state index in [4.69, 9.17) is 4.52 Å². The monoisotopic (exact) mass is 348 g/mol.